The van der Waals surface area contributed by atoms with E-state index >= 15 is 0 Å². The molecule has 0 spiro atoms. The topological polar surface area (TPSA) is 60.4 Å². The molecule has 0 aliphatic heterocycles. The van der Waals surface area contributed by atoms with Gasteiger partial charge in [0.15, 0.2) is 0 Å². The van der Waals surface area contributed by atoms with Crippen LogP contribution in [0.15, 0.2) is 85.2 Å². The van der Waals surface area contributed by atoms with E-state index in [0.29, 0.717) is 0 Å². The zero-order valence-electron chi connectivity index (χ0n) is 16.0. The minimum absolute atomic E-state index is 0.147. The van der Waals surface area contributed by atoms with Crippen molar-refractivity contribution in [3.63, 3.8) is 0 Å². The fourth-order valence-corrected chi connectivity index (χ4v) is 3.81. The number of rotatable bonds is 5. The maximum atomic E-state index is 12.3. The molecular formula is C24H23N3O. The van der Waals surface area contributed by atoms with E-state index < -0.39 is 5.41 Å². The smallest absolute Gasteiger partial charge is 0.224 e. The van der Waals surface area contributed by atoms with Gasteiger partial charge >= 0.3 is 0 Å². The van der Waals surface area contributed by atoms with E-state index in [4.69, 9.17) is 5.73 Å². The van der Waals surface area contributed by atoms with Gasteiger partial charge in [-0.3, -0.25) is 9.20 Å². The van der Waals surface area contributed by atoms with Crippen molar-refractivity contribution in [2.24, 2.45) is 11.1 Å². The molecular weight excluding hydrogens is 346 g/mol. The molecule has 0 saturated heterocycles. The number of imidazole rings is 1. The molecule has 0 aliphatic rings. The standard InChI is InChI=1S/C24H23N3O/c1-24(2,23(25)28)21(17-9-5-3-6-10-17)19-13-14-27-20(15-19)16-26-22(27)18-11-7-4-8-12-18/h3-16,21H,1-2H3,(H2,25,28). The van der Waals surface area contributed by atoms with Gasteiger partial charge in [-0.25, -0.2) is 4.98 Å². The number of carbonyl (C=O) groups excluding carboxylic acids is 1. The highest BCUT2D eigenvalue weighted by Crippen LogP contribution is 2.41. The number of primary amides is 1. The van der Waals surface area contributed by atoms with Crippen LogP contribution in [-0.2, 0) is 4.79 Å². The number of nitrogens with two attached hydrogens (primary N) is 1. The average Bonchev–Trinajstić information content (AvgIpc) is 3.13. The molecule has 4 rings (SSSR count). The third-order valence-corrected chi connectivity index (χ3v) is 5.41. The van der Waals surface area contributed by atoms with Gasteiger partial charge in [-0.1, -0.05) is 74.5 Å². The minimum atomic E-state index is -0.734. The van der Waals surface area contributed by atoms with Crippen LogP contribution < -0.4 is 5.73 Å². The van der Waals surface area contributed by atoms with E-state index in [-0.39, 0.29) is 11.8 Å². The Kier molecular flexibility index (Phi) is 4.47. The predicted octanol–water partition coefficient (Wildman–Crippen LogP) is 4.64. The van der Waals surface area contributed by atoms with Crippen molar-refractivity contribution in [3.8, 4) is 11.4 Å². The van der Waals surface area contributed by atoms with E-state index in [1.165, 1.54) is 0 Å². The van der Waals surface area contributed by atoms with Crippen LogP contribution >= 0.6 is 0 Å². The maximum absolute atomic E-state index is 12.3. The minimum Gasteiger partial charge on any atom is -0.369 e. The predicted molar refractivity (Wildman–Crippen MR) is 112 cm³/mol. The van der Waals surface area contributed by atoms with Crippen LogP contribution in [0.5, 0.6) is 0 Å². The summed E-state index contributed by atoms with van der Waals surface area (Å²) in [4.78, 5) is 16.9. The summed E-state index contributed by atoms with van der Waals surface area (Å²) in [5.41, 5.74) is 9.21. The molecule has 140 valence electrons. The number of aromatic nitrogens is 2. The second kappa shape index (κ2) is 6.97. The second-order valence-corrected chi connectivity index (χ2v) is 7.63. The number of nitrogens with zero attached hydrogens (tertiary/aromatic N) is 2. The van der Waals surface area contributed by atoms with Gasteiger partial charge in [0.2, 0.25) is 5.91 Å². The maximum Gasteiger partial charge on any atom is 0.224 e. The lowest BCUT2D eigenvalue weighted by molar-refractivity contribution is -0.126. The molecule has 0 bridgehead atoms. The van der Waals surface area contributed by atoms with Gasteiger partial charge in [-0.15, -0.1) is 0 Å². The molecule has 0 radical (unpaired) electrons. The van der Waals surface area contributed by atoms with Crippen LogP contribution in [0.2, 0.25) is 0 Å². The number of hydrogen-bond acceptors (Lipinski definition) is 2. The van der Waals surface area contributed by atoms with Crippen molar-refractivity contribution in [1.82, 2.24) is 9.38 Å². The normalized spacial score (nSPS) is 12.8. The summed E-state index contributed by atoms with van der Waals surface area (Å²) in [6, 6.07) is 24.3. The highest BCUT2D eigenvalue weighted by Gasteiger charge is 2.37. The molecule has 4 nitrogen and oxygen atoms in total. The van der Waals surface area contributed by atoms with E-state index in [0.717, 1.165) is 28.0 Å². The highest BCUT2D eigenvalue weighted by atomic mass is 16.1. The van der Waals surface area contributed by atoms with Gasteiger partial charge in [-0.2, -0.15) is 0 Å². The quantitative estimate of drug-likeness (QED) is 0.557. The Bertz CT molecular complexity index is 1110. The summed E-state index contributed by atoms with van der Waals surface area (Å²) in [6.07, 6.45) is 3.89. The molecule has 1 atom stereocenters. The Balaban J connectivity index is 1.85. The molecule has 0 fully saturated rings. The van der Waals surface area contributed by atoms with E-state index in [2.05, 4.69) is 21.5 Å². The largest absolute Gasteiger partial charge is 0.369 e. The molecule has 2 aromatic carbocycles. The third kappa shape index (κ3) is 3.07. The lowest BCUT2D eigenvalue weighted by Crippen LogP contribution is -2.37. The van der Waals surface area contributed by atoms with Crippen LogP contribution in [0, 0.1) is 5.41 Å². The lowest BCUT2D eigenvalue weighted by atomic mass is 9.71. The number of amides is 1. The summed E-state index contributed by atoms with van der Waals surface area (Å²) in [7, 11) is 0. The van der Waals surface area contributed by atoms with Gasteiger partial charge in [-0.05, 0) is 23.3 Å². The first kappa shape index (κ1) is 18.0. The van der Waals surface area contributed by atoms with Gasteiger partial charge in [0, 0.05) is 17.7 Å². The van der Waals surface area contributed by atoms with Crippen LogP contribution in [0.4, 0.5) is 0 Å². The molecule has 2 N–H and O–H groups in total. The molecule has 4 heteroatoms. The van der Waals surface area contributed by atoms with Crippen LogP contribution in [0.25, 0.3) is 16.9 Å². The van der Waals surface area contributed by atoms with Crippen molar-refractivity contribution < 1.29 is 4.79 Å². The van der Waals surface area contributed by atoms with Crippen LogP contribution in [0.1, 0.15) is 30.9 Å². The molecule has 0 aliphatic carbocycles. The third-order valence-electron chi connectivity index (χ3n) is 5.41. The second-order valence-electron chi connectivity index (χ2n) is 7.63. The first-order valence-electron chi connectivity index (χ1n) is 9.36. The zero-order chi connectivity index (χ0) is 19.7. The number of carbonyl (C=O) groups is 1. The molecule has 4 aromatic rings. The van der Waals surface area contributed by atoms with Crippen molar-refractivity contribution in [2.45, 2.75) is 19.8 Å². The Morgan fingerprint density at radius 2 is 1.61 bits per heavy atom. The Labute approximate surface area is 164 Å². The average molecular weight is 369 g/mol. The summed E-state index contributed by atoms with van der Waals surface area (Å²) in [5, 5.41) is 0. The van der Waals surface area contributed by atoms with Gasteiger partial charge < -0.3 is 5.73 Å². The highest BCUT2D eigenvalue weighted by molar-refractivity contribution is 5.82. The fourth-order valence-electron chi connectivity index (χ4n) is 3.81. The monoisotopic (exact) mass is 369 g/mol. The van der Waals surface area contributed by atoms with Gasteiger partial charge in [0.25, 0.3) is 0 Å². The first-order valence-corrected chi connectivity index (χ1v) is 9.36. The van der Waals surface area contributed by atoms with Crippen molar-refractivity contribution in [1.29, 1.82) is 0 Å². The summed E-state index contributed by atoms with van der Waals surface area (Å²) < 4.78 is 2.07. The molecule has 28 heavy (non-hydrogen) atoms. The van der Waals surface area contributed by atoms with Gasteiger partial charge in [0.05, 0.1) is 17.1 Å². The van der Waals surface area contributed by atoms with Crippen molar-refractivity contribution in [2.75, 3.05) is 0 Å². The zero-order valence-corrected chi connectivity index (χ0v) is 16.0. The van der Waals surface area contributed by atoms with Crippen LogP contribution in [-0.4, -0.2) is 15.3 Å². The number of pyridine rings is 1. The fraction of sp³-hybridized carbons (Fsp3) is 0.167. The van der Waals surface area contributed by atoms with Crippen molar-refractivity contribution in [3.05, 3.63) is 96.3 Å². The molecule has 0 saturated carbocycles. The van der Waals surface area contributed by atoms with E-state index in [9.17, 15) is 4.79 Å². The van der Waals surface area contributed by atoms with E-state index in [1.807, 2.05) is 86.9 Å². The Hall–Kier alpha value is -3.40. The number of hydrogen-bond donors (Lipinski definition) is 1. The SMILES string of the molecule is CC(C)(C(N)=O)C(c1ccccc1)c1ccn2c(-c3ccccc3)ncc2c1. The Morgan fingerprint density at radius 1 is 0.964 bits per heavy atom. The summed E-state index contributed by atoms with van der Waals surface area (Å²) in [5.74, 6) is 0.429. The summed E-state index contributed by atoms with van der Waals surface area (Å²) in [6.45, 7) is 3.81. The van der Waals surface area contributed by atoms with Gasteiger partial charge in [0.1, 0.15) is 5.82 Å². The molecule has 1 unspecified atom stereocenters. The van der Waals surface area contributed by atoms with E-state index in [1.54, 1.807) is 0 Å². The van der Waals surface area contributed by atoms with Crippen molar-refractivity contribution >= 4 is 11.4 Å². The molecule has 1 amide bonds. The Morgan fingerprint density at radius 3 is 2.25 bits per heavy atom. The first-order chi connectivity index (χ1) is 13.5. The molecule has 2 heterocycles. The number of benzene rings is 2. The molecule has 2 aromatic heterocycles. The lowest BCUT2D eigenvalue weighted by Gasteiger charge is -2.32. The number of fused-ring (bicyclic) bond motifs is 1. The summed E-state index contributed by atoms with van der Waals surface area (Å²) >= 11 is 0. The van der Waals surface area contributed by atoms with Crippen LogP contribution in [0.3, 0.4) is 0 Å².